The molecule has 36 heavy (non-hydrogen) atoms. The molecule has 1 spiro atoms. The van der Waals surface area contributed by atoms with Gasteiger partial charge in [0.1, 0.15) is 18.1 Å². The lowest BCUT2D eigenvalue weighted by atomic mass is 10.0. The van der Waals surface area contributed by atoms with E-state index in [-0.39, 0.29) is 73.7 Å². The Morgan fingerprint density at radius 1 is 1.28 bits per heavy atom. The molecular formula is C24H30F2N6O4. The topological polar surface area (TPSA) is 121 Å². The summed E-state index contributed by atoms with van der Waals surface area (Å²) < 4.78 is 35.1. The van der Waals surface area contributed by atoms with Gasteiger partial charge in [0.2, 0.25) is 11.8 Å². The lowest BCUT2D eigenvalue weighted by Crippen LogP contribution is -2.52. The first-order valence-corrected chi connectivity index (χ1v) is 12.2. The molecule has 3 fully saturated rings. The molecule has 194 valence electrons. The SMILES string of the molecule is NCC1CN(C2=CC(F)=C(N3CCN(C(=O)CNC(=O)CC4CC45C=CN=C5)CC3)C(F)C2)C(=O)O1. The van der Waals surface area contributed by atoms with E-state index < -0.39 is 24.2 Å². The van der Waals surface area contributed by atoms with Crippen molar-refractivity contribution < 1.29 is 27.9 Å². The van der Waals surface area contributed by atoms with Crippen LogP contribution in [0.4, 0.5) is 13.6 Å². The first kappa shape index (κ1) is 24.4. The maximum Gasteiger partial charge on any atom is 0.414 e. The quantitative estimate of drug-likeness (QED) is 0.530. The molecule has 5 rings (SSSR count). The van der Waals surface area contributed by atoms with Gasteiger partial charge in [-0.2, -0.15) is 0 Å². The fourth-order valence-electron chi connectivity index (χ4n) is 5.30. The third kappa shape index (κ3) is 4.73. The molecule has 4 unspecified atom stereocenters. The molecule has 0 radical (unpaired) electrons. The van der Waals surface area contributed by atoms with Crippen LogP contribution in [0, 0.1) is 11.3 Å². The Balaban J connectivity index is 1.10. The van der Waals surface area contributed by atoms with Crippen LogP contribution in [-0.2, 0) is 14.3 Å². The third-order valence-corrected chi connectivity index (χ3v) is 7.53. The Bertz CT molecular complexity index is 1050. The van der Waals surface area contributed by atoms with Crippen LogP contribution in [0.25, 0.3) is 0 Å². The van der Waals surface area contributed by atoms with Crippen LogP contribution in [0.2, 0.25) is 0 Å². The summed E-state index contributed by atoms with van der Waals surface area (Å²) in [5.41, 5.74) is 5.62. The molecule has 0 aromatic heterocycles. The van der Waals surface area contributed by atoms with Gasteiger partial charge in [0.15, 0.2) is 0 Å². The van der Waals surface area contributed by atoms with Gasteiger partial charge in [-0.15, -0.1) is 0 Å². The molecule has 5 aliphatic rings. The Kier molecular flexibility index (Phi) is 6.54. The molecule has 1 saturated carbocycles. The highest BCUT2D eigenvalue weighted by molar-refractivity contribution is 5.86. The molecule has 12 heteroatoms. The molecule has 3 amide bonds. The standard InChI is InChI=1S/C24H30F2N6O4/c25-18-8-16(32-13-17(11-27)36-23(32)35)9-19(26)22(18)31-5-3-30(4-6-31)21(34)12-29-20(33)7-15-10-24(15)1-2-28-14-24/h1-2,8,14-15,17,19H,3-7,9-13,27H2,(H,29,33). The zero-order valence-electron chi connectivity index (χ0n) is 19.9. The van der Waals surface area contributed by atoms with Crippen molar-refractivity contribution in [3.8, 4) is 0 Å². The zero-order chi connectivity index (χ0) is 25.4. The van der Waals surface area contributed by atoms with Crippen molar-refractivity contribution in [3.05, 3.63) is 35.6 Å². The van der Waals surface area contributed by atoms with Crippen LogP contribution in [0.3, 0.4) is 0 Å². The first-order chi connectivity index (χ1) is 17.3. The minimum atomic E-state index is -1.62. The van der Waals surface area contributed by atoms with E-state index in [9.17, 15) is 18.8 Å². The molecule has 2 saturated heterocycles. The normalized spacial score (nSPS) is 31.3. The largest absolute Gasteiger partial charge is 0.443 e. The number of carbonyl (C=O) groups is 3. The van der Waals surface area contributed by atoms with Crippen molar-refractivity contribution in [2.24, 2.45) is 22.1 Å². The number of hydrogen-bond acceptors (Lipinski definition) is 7. The predicted octanol–water partition coefficient (Wildman–Crippen LogP) is 0.828. The summed E-state index contributed by atoms with van der Waals surface area (Å²) in [6.45, 7) is 1.32. The van der Waals surface area contributed by atoms with E-state index in [0.717, 1.165) is 6.42 Å². The predicted molar refractivity (Wildman–Crippen MR) is 126 cm³/mol. The van der Waals surface area contributed by atoms with E-state index in [1.165, 1.54) is 11.0 Å². The van der Waals surface area contributed by atoms with Gasteiger partial charge in [-0.25, -0.2) is 13.6 Å². The first-order valence-electron chi connectivity index (χ1n) is 12.2. The van der Waals surface area contributed by atoms with Gasteiger partial charge in [-0.1, -0.05) is 6.08 Å². The maximum absolute atomic E-state index is 15.1. The summed E-state index contributed by atoms with van der Waals surface area (Å²) in [5.74, 6) is -0.914. The summed E-state index contributed by atoms with van der Waals surface area (Å²) in [6.07, 6.45) is 5.13. The van der Waals surface area contributed by atoms with Gasteiger partial charge < -0.3 is 25.6 Å². The van der Waals surface area contributed by atoms with Crippen molar-refractivity contribution in [2.45, 2.75) is 31.5 Å². The van der Waals surface area contributed by atoms with Crippen LogP contribution in [0.5, 0.6) is 0 Å². The average molecular weight is 505 g/mol. The summed E-state index contributed by atoms with van der Waals surface area (Å²) in [4.78, 5) is 45.3. The van der Waals surface area contributed by atoms with Gasteiger partial charge in [0, 0.05) is 69.1 Å². The van der Waals surface area contributed by atoms with Crippen molar-refractivity contribution in [1.29, 1.82) is 0 Å². The Labute approximate surface area is 207 Å². The number of hydrogen-bond donors (Lipinski definition) is 2. The molecule has 0 aromatic carbocycles. The number of nitrogens with zero attached hydrogens (tertiary/aromatic N) is 4. The highest BCUT2D eigenvalue weighted by Crippen LogP contribution is 2.55. The number of cyclic esters (lactones) is 1. The zero-order valence-corrected chi connectivity index (χ0v) is 19.9. The Morgan fingerprint density at radius 2 is 2.06 bits per heavy atom. The van der Waals surface area contributed by atoms with Crippen molar-refractivity contribution in [1.82, 2.24) is 20.0 Å². The second-order valence-corrected chi connectivity index (χ2v) is 9.85. The molecule has 0 bridgehead atoms. The van der Waals surface area contributed by atoms with Crippen LogP contribution in [0.15, 0.2) is 40.6 Å². The molecule has 10 nitrogen and oxygen atoms in total. The Hall–Kier alpha value is -3.28. The van der Waals surface area contributed by atoms with Crippen LogP contribution in [0.1, 0.15) is 19.3 Å². The smallest absolute Gasteiger partial charge is 0.414 e. The number of halogens is 2. The van der Waals surface area contributed by atoms with Gasteiger partial charge in [-0.05, 0) is 18.4 Å². The molecule has 4 atom stereocenters. The summed E-state index contributed by atoms with van der Waals surface area (Å²) in [6, 6.07) is 0. The average Bonchev–Trinajstić information content (AvgIpc) is 3.16. The maximum atomic E-state index is 15.1. The van der Waals surface area contributed by atoms with E-state index in [1.54, 1.807) is 16.0 Å². The lowest BCUT2D eigenvalue weighted by molar-refractivity contribution is -0.134. The highest BCUT2D eigenvalue weighted by atomic mass is 19.1. The van der Waals surface area contributed by atoms with Crippen LogP contribution < -0.4 is 11.1 Å². The number of carbonyl (C=O) groups excluding carboxylic acids is 3. The lowest BCUT2D eigenvalue weighted by Gasteiger charge is -2.39. The van der Waals surface area contributed by atoms with E-state index in [0.29, 0.717) is 19.5 Å². The molecule has 0 aromatic rings. The number of amides is 3. The fraction of sp³-hybridized carbons (Fsp3) is 0.583. The van der Waals surface area contributed by atoms with E-state index in [2.05, 4.69) is 10.3 Å². The minimum Gasteiger partial charge on any atom is -0.443 e. The van der Waals surface area contributed by atoms with Crippen molar-refractivity contribution in [2.75, 3.05) is 45.8 Å². The fourth-order valence-corrected chi connectivity index (χ4v) is 5.30. The number of allylic oxidation sites excluding steroid dienone is 5. The van der Waals surface area contributed by atoms with E-state index in [1.807, 2.05) is 12.3 Å². The second kappa shape index (κ2) is 9.64. The van der Waals surface area contributed by atoms with Crippen molar-refractivity contribution in [3.63, 3.8) is 0 Å². The Morgan fingerprint density at radius 3 is 2.69 bits per heavy atom. The molecular weight excluding hydrogens is 474 g/mol. The van der Waals surface area contributed by atoms with E-state index >= 15 is 4.39 Å². The molecule has 3 heterocycles. The van der Waals surface area contributed by atoms with Crippen molar-refractivity contribution >= 4 is 24.1 Å². The summed E-state index contributed by atoms with van der Waals surface area (Å²) in [7, 11) is 0. The van der Waals surface area contributed by atoms with E-state index in [4.69, 9.17) is 10.5 Å². The van der Waals surface area contributed by atoms with Crippen LogP contribution >= 0.6 is 0 Å². The number of alkyl halides is 1. The summed E-state index contributed by atoms with van der Waals surface area (Å²) in [5, 5.41) is 2.69. The number of piperazine rings is 1. The number of nitrogens with one attached hydrogen (secondary N) is 1. The summed E-state index contributed by atoms with van der Waals surface area (Å²) >= 11 is 0. The number of rotatable bonds is 7. The van der Waals surface area contributed by atoms with Gasteiger partial charge in [0.05, 0.1) is 18.8 Å². The highest BCUT2D eigenvalue weighted by Gasteiger charge is 2.52. The second-order valence-electron chi connectivity index (χ2n) is 9.85. The molecule has 3 N–H and O–H groups in total. The molecule has 2 aliphatic carbocycles. The minimum absolute atomic E-state index is 0.0649. The third-order valence-electron chi connectivity index (χ3n) is 7.53. The number of aliphatic imine (C=N–C) groups is 1. The number of ether oxygens (including phenoxy) is 1. The van der Waals surface area contributed by atoms with Gasteiger partial charge in [0.25, 0.3) is 0 Å². The number of nitrogens with two attached hydrogens (primary N) is 1. The van der Waals surface area contributed by atoms with Crippen LogP contribution in [-0.4, -0.2) is 96.9 Å². The van der Waals surface area contributed by atoms with Gasteiger partial charge >= 0.3 is 6.09 Å². The monoisotopic (exact) mass is 504 g/mol. The van der Waals surface area contributed by atoms with Gasteiger partial charge in [-0.3, -0.25) is 19.5 Å². The molecule has 3 aliphatic heterocycles.